The zero-order valence-corrected chi connectivity index (χ0v) is 94.1. The first-order valence-corrected chi connectivity index (χ1v) is 58.0. The molecule has 0 bridgehead atoms. The summed E-state index contributed by atoms with van der Waals surface area (Å²) < 4.78 is 24.0. The van der Waals surface area contributed by atoms with Crippen LogP contribution in [0.25, 0.3) is 0 Å². The van der Waals surface area contributed by atoms with E-state index in [0.29, 0.717) is 33.9 Å². The molecular weight excluding hydrogens is 1810 g/mol. The molecule has 6 aromatic carbocycles. The summed E-state index contributed by atoms with van der Waals surface area (Å²) in [6.07, 6.45) is 8.91. The Morgan fingerprint density at radius 1 is 0.370 bits per heavy atom. The third-order valence-corrected chi connectivity index (χ3v) is 43.1. The first-order valence-electron chi connectivity index (χ1n) is 47.8. The lowest BCUT2D eigenvalue weighted by Gasteiger charge is -2.37. The molecule has 21 heteroatoms. The van der Waals surface area contributed by atoms with E-state index in [1.165, 1.54) is 101 Å². The molecule has 11 rings (SSSR count). The Labute approximate surface area is 833 Å². The highest BCUT2D eigenvalue weighted by molar-refractivity contribution is 7.14. The molecule has 14 nitrogen and oxygen atoms in total. The van der Waals surface area contributed by atoms with Crippen LogP contribution in [-0.4, -0.2) is 90.1 Å². The smallest absolute Gasteiger partial charge is 0.348 e. The van der Waals surface area contributed by atoms with Crippen LogP contribution in [0.2, 0.25) is 36.3 Å². The molecule has 740 valence electrons. The van der Waals surface area contributed by atoms with Gasteiger partial charge in [0.15, 0.2) is 0 Å². The van der Waals surface area contributed by atoms with Gasteiger partial charge >= 0.3 is 17.9 Å². The SMILES string of the molecule is CCC(CC)(c1ccc(O)c(C)c1)c1cc(C)cs1.CCC(CC)(c1ccc(OCC(O)C(C)(C)C)c(C)c1)c1cc(C)c(C(=O)O)s1.CCC(CC)(c1ccc(O[Si](C)(C)C(C)(C)C)c(C)c1)c1cc(C)c(C(=O)OC)s1.CCC(CC)(c1ccc(O[Si](C)(C)C(C)(C)C)c(C)c1)c1cc(C)cs1.CCC(O)(CC)c1ccc(O)c(C)c1.Cc1cc(C(=O)O)ccc1O.Cc1ccsc1. The van der Waals surface area contributed by atoms with E-state index in [4.69, 9.17) is 28.5 Å². The minimum atomic E-state index is -1.89. The summed E-state index contributed by atoms with van der Waals surface area (Å²) in [5.41, 5.74) is 16.8. The molecule has 0 spiro atoms. The zero-order valence-electron chi connectivity index (χ0n) is 88.0. The Balaban J connectivity index is 0.000000289. The second-order valence-corrected chi connectivity index (χ2v) is 54.5. The number of aliphatic hydroxyl groups excluding tert-OH is 1. The normalized spacial score (nSPS) is 12.3. The van der Waals surface area contributed by atoms with Crippen LogP contribution in [0, 0.1) is 81.6 Å². The average molecular weight is 1970 g/mol. The predicted molar refractivity (Wildman–Crippen MR) is 579 cm³/mol. The number of carboxylic acids is 2. The number of thiophene rings is 5. The summed E-state index contributed by atoms with van der Waals surface area (Å²) >= 11 is 8.44. The molecule has 0 aliphatic heterocycles. The number of phenolic OH excluding ortho intramolecular Hbond substituents is 3. The van der Waals surface area contributed by atoms with Gasteiger partial charge in [0.1, 0.15) is 50.9 Å². The van der Waals surface area contributed by atoms with Crippen molar-refractivity contribution in [3.63, 3.8) is 0 Å². The van der Waals surface area contributed by atoms with E-state index >= 15 is 0 Å². The standard InChI is InChI=1S/C25H38O3SSi.C24H34O4S.C23H36OSSi.C17H22OS.C12H18O2.C8H8O3.C5H6S/c1-11-25(12-2,21-16-18(4)22(29-21)23(26)27-8)19-13-14-20(17(3)15-19)28-30(9,10)24(5,6)7;1-8-24(9-2,20-13-16(4)21(29-20)22(26)27)17-10-11-18(15(3)12-17)28-14-19(25)23(5,6)7;1-10-23(11-2,21-14-17(3)16-25-21)19-12-13-20(18(4)15-19)24-26(8,9)22(5,6)7;1-5-17(6-2,16-9-12(3)11-19-16)14-7-8-15(18)13(4)10-14;1-4-12(14,5-2)10-6-7-11(13)9(3)8-10;1-5-4-6(8(10)11)2-3-7(5)9;1-5-2-3-6-4-5/h13-16H,11-12H2,1-10H3;10-13,19,25H,8-9,14H2,1-7H3,(H,26,27);12-16H,10-11H2,1-9H3;7-11,18H,5-6H2,1-4H3;6-8,13-14H,4-5H2,1-3H3;2-4,9H,1H3,(H,10,11);2-4H,1H3. The fraction of sp³-hybridized carbons (Fsp3) is 0.482. The summed E-state index contributed by atoms with van der Waals surface area (Å²) in [6, 6.07) is 46.2. The first-order chi connectivity index (χ1) is 62.8. The first kappa shape index (κ1) is 117. The summed E-state index contributed by atoms with van der Waals surface area (Å²) in [4.78, 5) is 40.5. The number of benzene rings is 6. The van der Waals surface area contributed by atoms with Crippen LogP contribution in [0.15, 0.2) is 161 Å². The molecule has 1 unspecified atom stereocenters. The topological polar surface area (TPSA) is 230 Å². The number of aromatic carboxylic acids is 2. The number of hydrogen-bond acceptors (Lipinski definition) is 17. The van der Waals surface area contributed by atoms with Gasteiger partial charge in [0.05, 0.1) is 24.4 Å². The second-order valence-electron chi connectivity index (χ2n) is 40.4. The highest BCUT2D eigenvalue weighted by Crippen LogP contribution is 2.50. The summed E-state index contributed by atoms with van der Waals surface area (Å²) in [5, 5.41) is 75.7. The Morgan fingerprint density at radius 3 is 0.985 bits per heavy atom. The van der Waals surface area contributed by atoms with Crippen LogP contribution in [0.1, 0.15) is 334 Å². The maximum absolute atomic E-state index is 12.2. The molecule has 0 saturated heterocycles. The molecule has 0 fully saturated rings. The van der Waals surface area contributed by atoms with Crippen LogP contribution in [0.4, 0.5) is 0 Å². The van der Waals surface area contributed by atoms with Gasteiger partial charge in [-0.3, -0.25) is 0 Å². The molecule has 0 amide bonds. The minimum absolute atomic E-state index is 0.0807. The maximum Gasteiger partial charge on any atom is 0.348 e. The van der Waals surface area contributed by atoms with Crippen LogP contribution < -0.4 is 13.6 Å². The van der Waals surface area contributed by atoms with Gasteiger partial charge in [-0.05, 0) is 378 Å². The number of carboxylic acid groups (broad SMARTS) is 2. The van der Waals surface area contributed by atoms with Crippen LogP contribution in [0.3, 0.4) is 0 Å². The van der Waals surface area contributed by atoms with Crippen molar-refractivity contribution in [2.24, 2.45) is 5.41 Å². The maximum atomic E-state index is 12.2. The third kappa shape index (κ3) is 29.3. The molecular formula is C114H162O14S5Si2. The van der Waals surface area contributed by atoms with E-state index in [2.05, 4.69) is 264 Å². The van der Waals surface area contributed by atoms with Crippen molar-refractivity contribution in [2.45, 2.75) is 342 Å². The molecule has 0 saturated carbocycles. The van der Waals surface area contributed by atoms with Crippen LogP contribution in [0.5, 0.6) is 34.5 Å². The number of esters is 1. The molecule has 0 radical (unpaired) electrons. The van der Waals surface area contributed by atoms with Crippen molar-refractivity contribution in [1.29, 1.82) is 0 Å². The van der Waals surface area contributed by atoms with E-state index in [1.54, 1.807) is 41.7 Å². The van der Waals surface area contributed by atoms with Crippen LogP contribution in [-0.2, 0) is 32.0 Å². The molecule has 0 aliphatic carbocycles. The summed E-state index contributed by atoms with van der Waals surface area (Å²) in [5.74, 6) is 1.51. The molecule has 11 aromatic rings. The average Bonchev–Trinajstić information content (AvgIpc) is 1.70. The van der Waals surface area contributed by atoms with Crippen molar-refractivity contribution in [2.75, 3.05) is 13.7 Å². The van der Waals surface area contributed by atoms with Gasteiger partial charge in [-0.15, -0.1) is 45.3 Å². The molecule has 5 heterocycles. The molecule has 0 aliphatic rings. The monoisotopic (exact) mass is 1970 g/mol. The zero-order chi connectivity index (χ0) is 102. The van der Waals surface area contributed by atoms with E-state index < -0.39 is 40.3 Å². The lowest BCUT2D eigenvalue weighted by atomic mass is 9.74. The Morgan fingerprint density at radius 2 is 0.704 bits per heavy atom. The number of ether oxygens (including phenoxy) is 2. The lowest BCUT2D eigenvalue weighted by Crippen LogP contribution is -2.44. The lowest BCUT2D eigenvalue weighted by molar-refractivity contribution is 0.0216. The van der Waals surface area contributed by atoms with Crippen molar-refractivity contribution < 1.29 is 68.5 Å². The van der Waals surface area contributed by atoms with Gasteiger partial charge in [-0.25, -0.2) is 14.4 Å². The van der Waals surface area contributed by atoms with Crippen molar-refractivity contribution >= 4 is 91.2 Å². The highest BCUT2D eigenvalue weighted by Gasteiger charge is 2.43. The number of methoxy groups -OCH3 is 1. The molecule has 5 aromatic heterocycles. The van der Waals surface area contributed by atoms with Gasteiger partial charge in [-0.2, -0.15) is 11.3 Å². The number of aryl methyl sites for hydroxylation is 11. The number of carbonyl (C=O) groups is 3. The third-order valence-electron chi connectivity index (χ3n) is 28.3. The number of hydrogen-bond donors (Lipinski definition) is 7. The van der Waals surface area contributed by atoms with E-state index in [9.17, 15) is 39.9 Å². The van der Waals surface area contributed by atoms with Crippen LogP contribution >= 0.6 is 56.7 Å². The van der Waals surface area contributed by atoms with E-state index in [1.807, 2.05) is 116 Å². The number of aliphatic hydroxyl groups is 2. The van der Waals surface area contributed by atoms with Gasteiger partial charge in [0.25, 0.3) is 0 Å². The fourth-order valence-electron chi connectivity index (χ4n) is 16.1. The summed E-state index contributed by atoms with van der Waals surface area (Å²) in [7, 11) is -2.26. The molecule has 1 atom stereocenters. The van der Waals surface area contributed by atoms with Gasteiger partial charge in [0, 0.05) is 41.2 Å². The van der Waals surface area contributed by atoms with Crippen molar-refractivity contribution in [1.82, 2.24) is 0 Å². The Kier molecular flexibility index (Phi) is 43.1. The van der Waals surface area contributed by atoms with Gasteiger partial charge < -0.3 is 54.1 Å². The second kappa shape index (κ2) is 49.8. The minimum Gasteiger partial charge on any atom is -0.543 e. The molecule has 135 heavy (non-hydrogen) atoms. The number of rotatable bonds is 29. The number of carbonyl (C=O) groups excluding carboxylic acids is 1. The van der Waals surface area contributed by atoms with Crippen molar-refractivity contribution in [3.05, 3.63) is 285 Å². The fourth-order valence-corrected chi connectivity index (χ4v) is 24.3. The molecule has 7 N–H and O–H groups in total. The quantitative estimate of drug-likeness (QED) is 0.0171. The van der Waals surface area contributed by atoms with E-state index in [-0.39, 0.29) is 66.8 Å². The van der Waals surface area contributed by atoms with Crippen molar-refractivity contribution in [3.8, 4) is 34.5 Å². The predicted octanol–water partition coefficient (Wildman–Crippen LogP) is 32.8. The Bertz CT molecular complexity index is 5620. The van der Waals surface area contributed by atoms with E-state index in [0.717, 1.165) is 107 Å². The Hall–Kier alpha value is -8.62. The highest BCUT2D eigenvalue weighted by atomic mass is 32.1. The van der Waals surface area contributed by atoms with Gasteiger partial charge in [0.2, 0.25) is 16.6 Å². The van der Waals surface area contributed by atoms with Gasteiger partial charge in [-0.1, -0.05) is 186 Å². The summed E-state index contributed by atoms with van der Waals surface area (Å²) in [6.45, 7) is 73.0. The largest absolute Gasteiger partial charge is 0.543 e. The number of aromatic hydroxyl groups is 3. The number of phenols is 3.